The molecule has 1 rings (SSSR count). The Morgan fingerprint density at radius 2 is 2.11 bits per heavy atom. The number of sulfonamides is 1. The summed E-state index contributed by atoms with van der Waals surface area (Å²) in [5.74, 6) is -1.64. The molecule has 1 atom stereocenters. The van der Waals surface area contributed by atoms with E-state index in [4.69, 9.17) is 16.0 Å². The van der Waals surface area contributed by atoms with Gasteiger partial charge in [0, 0.05) is 13.2 Å². The van der Waals surface area contributed by atoms with Gasteiger partial charge in [0.15, 0.2) is 0 Å². The molecule has 0 saturated heterocycles. The molecule has 1 heterocycles. The van der Waals surface area contributed by atoms with E-state index in [0.717, 1.165) is 6.07 Å². The molecule has 2 amide bonds. The second-order valence-corrected chi connectivity index (χ2v) is 5.41. The summed E-state index contributed by atoms with van der Waals surface area (Å²) in [4.78, 5) is 22.1. The van der Waals surface area contributed by atoms with Gasteiger partial charge in [0.25, 0.3) is 5.91 Å². The monoisotopic (exact) mass is 290 g/mol. The molecule has 0 aromatic carbocycles. The number of nitrogens with zero attached hydrogens (tertiary/aromatic N) is 1. The standard InChI is InChI=1S/C9H14N4O5S/c1-13-4-5(19(11,17)18)2-6(13)9(16)12-3-7(14)8(10)15/h2,4,7,14H,3H2,1H3,(H2,10,15)(H,12,16)(H2,11,17,18). The fraction of sp³-hybridized carbons (Fsp3) is 0.333. The molecular weight excluding hydrogens is 276 g/mol. The van der Waals surface area contributed by atoms with E-state index in [1.807, 2.05) is 0 Å². The lowest BCUT2D eigenvalue weighted by Crippen LogP contribution is -2.40. The Morgan fingerprint density at radius 1 is 1.53 bits per heavy atom. The molecule has 106 valence electrons. The van der Waals surface area contributed by atoms with E-state index >= 15 is 0 Å². The summed E-state index contributed by atoms with van der Waals surface area (Å²) < 4.78 is 23.5. The number of nitrogens with one attached hydrogen (secondary N) is 1. The van der Waals surface area contributed by atoms with E-state index in [-0.39, 0.29) is 17.1 Å². The summed E-state index contributed by atoms with van der Waals surface area (Å²) in [6, 6.07) is 1.08. The van der Waals surface area contributed by atoms with Crippen LogP contribution in [0.25, 0.3) is 0 Å². The lowest BCUT2D eigenvalue weighted by molar-refractivity contribution is -0.125. The number of aryl methyl sites for hydroxylation is 1. The van der Waals surface area contributed by atoms with Crippen molar-refractivity contribution in [2.45, 2.75) is 11.0 Å². The van der Waals surface area contributed by atoms with Crippen molar-refractivity contribution in [1.29, 1.82) is 0 Å². The van der Waals surface area contributed by atoms with Crippen molar-refractivity contribution < 1.29 is 23.1 Å². The van der Waals surface area contributed by atoms with Gasteiger partial charge in [-0.05, 0) is 6.07 Å². The SMILES string of the molecule is Cn1cc(S(N)(=O)=O)cc1C(=O)NCC(O)C(N)=O. The van der Waals surface area contributed by atoms with Crippen LogP contribution in [0.3, 0.4) is 0 Å². The number of aliphatic hydroxyl groups is 1. The second-order valence-electron chi connectivity index (χ2n) is 3.85. The van der Waals surface area contributed by atoms with Crippen molar-refractivity contribution in [3.8, 4) is 0 Å². The predicted octanol–water partition coefficient (Wildman–Crippen LogP) is -2.75. The summed E-state index contributed by atoms with van der Waals surface area (Å²) in [6.07, 6.45) is -0.337. The lowest BCUT2D eigenvalue weighted by Gasteiger charge is -2.08. The number of rotatable bonds is 5. The Kier molecular flexibility index (Phi) is 4.29. The fourth-order valence-electron chi connectivity index (χ4n) is 1.30. The van der Waals surface area contributed by atoms with Crippen LogP contribution in [0.4, 0.5) is 0 Å². The number of amides is 2. The molecule has 0 aliphatic rings. The summed E-state index contributed by atoms with van der Waals surface area (Å²) >= 11 is 0. The molecule has 0 saturated carbocycles. The molecule has 19 heavy (non-hydrogen) atoms. The smallest absolute Gasteiger partial charge is 0.268 e. The largest absolute Gasteiger partial charge is 0.381 e. The zero-order chi connectivity index (χ0) is 14.8. The molecule has 0 fully saturated rings. The first-order valence-electron chi connectivity index (χ1n) is 5.07. The number of carbonyl (C=O) groups is 2. The third-order valence-electron chi connectivity index (χ3n) is 2.33. The minimum Gasteiger partial charge on any atom is -0.381 e. The molecule has 0 bridgehead atoms. The van der Waals surface area contributed by atoms with Crippen LogP contribution in [-0.4, -0.2) is 42.6 Å². The van der Waals surface area contributed by atoms with E-state index in [2.05, 4.69) is 5.32 Å². The highest BCUT2D eigenvalue weighted by atomic mass is 32.2. The third kappa shape index (κ3) is 3.77. The Balaban J connectivity index is 2.84. The van der Waals surface area contributed by atoms with E-state index in [1.165, 1.54) is 17.8 Å². The van der Waals surface area contributed by atoms with E-state index in [0.29, 0.717) is 0 Å². The normalized spacial score (nSPS) is 13.0. The second kappa shape index (κ2) is 5.38. The van der Waals surface area contributed by atoms with Crippen LogP contribution >= 0.6 is 0 Å². The topological polar surface area (TPSA) is 158 Å². The molecule has 9 nitrogen and oxygen atoms in total. The summed E-state index contributed by atoms with van der Waals surface area (Å²) in [5, 5.41) is 16.3. The zero-order valence-electron chi connectivity index (χ0n) is 10.0. The number of carbonyl (C=O) groups excluding carboxylic acids is 2. The van der Waals surface area contributed by atoms with Gasteiger partial charge in [-0.1, -0.05) is 0 Å². The molecule has 1 unspecified atom stereocenters. The molecule has 10 heteroatoms. The van der Waals surface area contributed by atoms with E-state index in [1.54, 1.807) is 0 Å². The minimum atomic E-state index is -3.91. The Bertz CT molecular complexity index is 606. The molecule has 6 N–H and O–H groups in total. The number of hydrogen-bond acceptors (Lipinski definition) is 5. The van der Waals surface area contributed by atoms with Crippen LogP contribution in [0.1, 0.15) is 10.5 Å². The number of primary sulfonamides is 1. The predicted molar refractivity (Wildman–Crippen MR) is 64.3 cm³/mol. The van der Waals surface area contributed by atoms with Crippen LogP contribution in [0, 0.1) is 0 Å². The molecule has 0 spiro atoms. The molecule has 1 aromatic heterocycles. The van der Waals surface area contributed by atoms with Crippen molar-refractivity contribution >= 4 is 21.8 Å². The summed E-state index contributed by atoms with van der Waals surface area (Å²) in [6.45, 7) is -0.371. The average molecular weight is 290 g/mol. The van der Waals surface area contributed by atoms with Gasteiger partial charge >= 0.3 is 0 Å². The number of nitrogens with two attached hydrogens (primary N) is 2. The molecular formula is C9H14N4O5S. The number of aliphatic hydroxyl groups excluding tert-OH is 1. The van der Waals surface area contributed by atoms with Crippen LogP contribution in [0.5, 0.6) is 0 Å². The van der Waals surface area contributed by atoms with Gasteiger partial charge in [-0.2, -0.15) is 0 Å². The number of aromatic nitrogens is 1. The van der Waals surface area contributed by atoms with Gasteiger partial charge in [0.2, 0.25) is 15.9 Å². The maximum atomic E-state index is 11.7. The first kappa shape index (κ1) is 15.1. The third-order valence-corrected chi connectivity index (χ3v) is 3.21. The first-order valence-corrected chi connectivity index (χ1v) is 6.62. The Morgan fingerprint density at radius 3 is 2.53 bits per heavy atom. The van der Waals surface area contributed by atoms with E-state index < -0.39 is 27.9 Å². The summed E-state index contributed by atoms with van der Waals surface area (Å²) in [7, 11) is -2.45. The van der Waals surface area contributed by atoms with Crippen LogP contribution < -0.4 is 16.2 Å². The average Bonchev–Trinajstić information content (AvgIpc) is 2.67. The van der Waals surface area contributed by atoms with Crippen LogP contribution in [0.15, 0.2) is 17.2 Å². The van der Waals surface area contributed by atoms with Crippen molar-refractivity contribution in [2.75, 3.05) is 6.54 Å². The van der Waals surface area contributed by atoms with Crippen molar-refractivity contribution in [3.63, 3.8) is 0 Å². The minimum absolute atomic E-state index is 0.0145. The van der Waals surface area contributed by atoms with Gasteiger partial charge in [-0.15, -0.1) is 0 Å². The lowest BCUT2D eigenvalue weighted by atomic mass is 10.3. The van der Waals surface area contributed by atoms with Crippen LogP contribution in [-0.2, 0) is 21.9 Å². The van der Waals surface area contributed by atoms with Crippen molar-refractivity contribution in [3.05, 3.63) is 18.0 Å². The Hall–Kier alpha value is -1.91. The van der Waals surface area contributed by atoms with Crippen molar-refractivity contribution in [2.24, 2.45) is 17.9 Å². The molecule has 0 aliphatic heterocycles. The van der Waals surface area contributed by atoms with E-state index in [9.17, 15) is 18.0 Å². The number of hydrogen-bond donors (Lipinski definition) is 4. The van der Waals surface area contributed by atoms with Gasteiger partial charge < -0.3 is 20.7 Å². The fourth-order valence-corrected chi connectivity index (χ4v) is 1.88. The van der Waals surface area contributed by atoms with Gasteiger partial charge in [0.05, 0.1) is 6.54 Å². The highest BCUT2D eigenvalue weighted by molar-refractivity contribution is 7.89. The summed E-state index contributed by atoms with van der Waals surface area (Å²) in [5.41, 5.74) is 4.83. The zero-order valence-corrected chi connectivity index (χ0v) is 10.8. The molecule has 1 aromatic rings. The highest BCUT2D eigenvalue weighted by Gasteiger charge is 2.19. The highest BCUT2D eigenvalue weighted by Crippen LogP contribution is 2.11. The van der Waals surface area contributed by atoms with Crippen LogP contribution in [0.2, 0.25) is 0 Å². The first-order chi connectivity index (χ1) is 8.62. The van der Waals surface area contributed by atoms with Gasteiger partial charge in [-0.25, -0.2) is 13.6 Å². The van der Waals surface area contributed by atoms with Gasteiger partial charge in [-0.3, -0.25) is 9.59 Å². The molecule has 0 radical (unpaired) electrons. The quantitative estimate of drug-likeness (QED) is 0.462. The van der Waals surface area contributed by atoms with Crippen molar-refractivity contribution in [1.82, 2.24) is 9.88 Å². The maximum Gasteiger partial charge on any atom is 0.268 e. The molecule has 0 aliphatic carbocycles. The maximum absolute atomic E-state index is 11.7. The Labute approximate surface area is 109 Å². The van der Waals surface area contributed by atoms with Gasteiger partial charge in [0.1, 0.15) is 16.7 Å². The number of primary amides is 1.